The second-order valence-electron chi connectivity index (χ2n) is 15.6. The number of hydrogen-bond donors (Lipinski definition) is 1. The molecule has 2 aromatic rings. The highest BCUT2D eigenvalue weighted by molar-refractivity contribution is 7.97. The molecule has 2 saturated heterocycles. The summed E-state index contributed by atoms with van der Waals surface area (Å²) in [6.45, 7) is 23.1. The molecule has 54 heavy (non-hydrogen) atoms. The fourth-order valence-corrected chi connectivity index (χ4v) is 8.91. The van der Waals surface area contributed by atoms with Gasteiger partial charge in [0, 0.05) is 74.3 Å². The number of anilines is 1. The highest BCUT2D eigenvalue weighted by atomic mass is 32.2. The molecule has 298 valence electrons. The van der Waals surface area contributed by atoms with Crippen LogP contribution in [0.4, 0.5) is 10.1 Å². The average molecular weight is 767 g/mol. The number of cyclic esters (lactones) is 1. The number of rotatable bonds is 12. The molecule has 12 heteroatoms. The average Bonchev–Trinajstić information content (AvgIpc) is 3.43. The zero-order chi connectivity index (χ0) is 39.0. The Kier molecular flexibility index (Phi) is 14.9. The largest absolute Gasteiger partial charge is 0.464 e. The number of morpholine rings is 1. The molecule has 0 radical (unpaired) electrons. The number of aliphatic imine (C=N–C) groups is 1. The molecule has 2 fully saturated rings. The third-order valence-electron chi connectivity index (χ3n) is 10.8. The van der Waals surface area contributed by atoms with Crippen LogP contribution in [0.15, 0.2) is 47.8 Å². The summed E-state index contributed by atoms with van der Waals surface area (Å²) >= 11 is 1.77. The molecular formula is C42H63FN6O4S. The molecule has 3 aliphatic rings. The number of nitrogens with one attached hydrogen (secondary N) is 1. The number of aromatic nitrogens is 1. The minimum absolute atomic E-state index is 0.0130. The van der Waals surface area contributed by atoms with Crippen molar-refractivity contribution in [2.45, 2.75) is 110 Å². The van der Waals surface area contributed by atoms with Crippen LogP contribution in [-0.4, -0.2) is 103 Å². The molecule has 5 rings (SSSR count). The van der Waals surface area contributed by atoms with Crippen molar-refractivity contribution in [3.63, 3.8) is 0 Å². The van der Waals surface area contributed by atoms with Crippen molar-refractivity contribution in [1.29, 1.82) is 0 Å². The Hall–Kier alpha value is -3.16. The zero-order valence-electron chi connectivity index (χ0n) is 33.7. The number of hydrogen-bond acceptors (Lipinski definition) is 10. The first kappa shape index (κ1) is 42.0. The second kappa shape index (κ2) is 19.1. The molecule has 6 bridgehead atoms. The first-order valence-electron chi connectivity index (χ1n) is 19.8. The topological polar surface area (TPSA) is 83.8 Å². The molecule has 1 N–H and O–H groups in total. The van der Waals surface area contributed by atoms with Crippen LogP contribution in [0.5, 0.6) is 0 Å². The standard InChI is InChI=1S/C42H63FN6O4S/c1-10-13-14-18-46(8)54-40-22-31-27-47(20-21-52-31)39-23-32-33(26-42(6,7)28-53-41(50)35-16-15-19-49(45-35)29(40)4)38(48(12-3)37(32)24-34(39)43)25-36(30(5)51-9)44-17-11-2/h11,17,23-25,30-31,35,40,45H,2,4,10,12-16,18-22,26-28H2,1,3,5-9H3/b36-25+,44-17?. The summed E-state index contributed by atoms with van der Waals surface area (Å²) in [7, 11) is 3.80. The molecule has 0 aliphatic carbocycles. The van der Waals surface area contributed by atoms with Crippen molar-refractivity contribution in [2.24, 2.45) is 10.4 Å². The third-order valence-corrected chi connectivity index (χ3v) is 12.0. The minimum Gasteiger partial charge on any atom is -0.464 e. The first-order chi connectivity index (χ1) is 25.9. The molecule has 4 unspecified atom stereocenters. The number of benzene rings is 1. The number of carbonyl (C=O) groups excluding carboxylic acids is 1. The van der Waals surface area contributed by atoms with Crippen LogP contribution in [0, 0.1) is 11.2 Å². The molecule has 3 aliphatic heterocycles. The van der Waals surface area contributed by atoms with Crippen LogP contribution in [0.2, 0.25) is 0 Å². The van der Waals surface area contributed by atoms with E-state index in [4.69, 9.17) is 14.2 Å². The van der Waals surface area contributed by atoms with Crippen LogP contribution >= 0.6 is 11.9 Å². The number of hydrazine groups is 1. The van der Waals surface area contributed by atoms with Gasteiger partial charge in [0.25, 0.3) is 0 Å². The number of fused-ring (bicyclic) bond motifs is 6. The van der Waals surface area contributed by atoms with Gasteiger partial charge < -0.3 is 28.7 Å². The highest BCUT2D eigenvalue weighted by Gasteiger charge is 2.35. The van der Waals surface area contributed by atoms with Crippen molar-refractivity contribution < 1.29 is 23.4 Å². The Morgan fingerprint density at radius 1 is 1.28 bits per heavy atom. The van der Waals surface area contributed by atoms with Gasteiger partial charge in [0.1, 0.15) is 11.9 Å². The molecule has 0 saturated carbocycles. The number of methoxy groups -OCH3 is 1. The minimum atomic E-state index is -0.466. The fourth-order valence-electron chi connectivity index (χ4n) is 7.69. The highest BCUT2D eigenvalue weighted by Crippen LogP contribution is 2.39. The molecule has 4 atom stereocenters. The quantitative estimate of drug-likeness (QED) is 0.101. The van der Waals surface area contributed by atoms with Crippen molar-refractivity contribution >= 4 is 46.8 Å². The van der Waals surface area contributed by atoms with E-state index in [0.29, 0.717) is 51.2 Å². The van der Waals surface area contributed by atoms with Crippen LogP contribution in [-0.2, 0) is 32.0 Å². The van der Waals surface area contributed by atoms with Crippen LogP contribution < -0.4 is 10.3 Å². The number of allylic oxidation sites excluding steroid dienone is 1. The van der Waals surface area contributed by atoms with Crippen LogP contribution in [0.25, 0.3) is 17.0 Å². The van der Waals surface area contributed by atoms with Gasteiger partial charge in [0.05, 0.1) is 47.6 Å². The monoisotopic (exact) mass is 766 g/mol. The Labute approximate surface area is 326 Å². The van der Waals surface area contributed by atoms with Gasteiger partial charge in [0.15, 0.2) is 0 Å². The predicted octanol–water partition coefficient (Wildman–Crippen LogP) is 7.78. The van der Waals surface area contributed by atoms with Gasteiger partial charge in [-0.15, -0.1) is 0 Å². The van der Waals surface area contributed by atoms with Gasteiger partial charge in [-0.05, 0) is 70.7 Å². The maximum Gasteiger partial charge on any atom is 0.324 e. The Bertz CT molecular complexity index is 1690. The lowest BCUT2D eigenvalue weighted by molar-refractivity contribution is -0.151. The summed E-state index contributed by atoms with van der Waals surface area (Å²) in [5.74, 6) is -0.519. The summed E-state index contributed by atoms with van der Waals surface area (Å²) in [5.41, 5.74) is 8.05. The number of esters is 1. The zero-order valence-corrected chi connectivity index (χ0v) is 34.5. The summed E-state index contributed by atoms with van der Waals surface area (Å²) < 4.78 is 39.2. The SMILES string of the molecule is C=CC=N/C(=C/c1c2c3cc(c(F)cc3n1CC)N1CCOC(CC(SN(C)CCCCC)C(=C)N3CCCC(N3)C(=O)OCC(C)(C)C2)C1)C(C)OC. The molecule has 1 aromatic heterocycles. The number of nitrogens with zero attached hydrogens (tertiary/aromatic N) is 5. The van der Waals surface area contributed by atoms with E-state index in [-0.39, 0.29) is 35.9 Å². The third kappa shape index (κ3) is 10.2. The van der Waals surface area contributed by atoms with Gasteiger partial charge >= 0.3 is 5.97 Å². The van der Waals surface area contributed by atoms with Crippen LogP contribution in [0.1, 0.15) is 84.4 Å². The molecule has 0 amide bonds. The van der Waals surface area contributed by atoms with E-state index in [2.05, 4.69) is 77.1 Å². The molecular weight excluding hydrogens is 704 g/mol. The number of unbranched alkanes of at least 4 members (excludes halogenated alkanes) is 2. The predicted molar refractivity (Wildman–Crippen MR) is 221 cm³/mol. The number of ether oxygens (including phenoxy) is 3. The van der Waals surface area contributed by atoms with Crippen molar-refractivity contribution in [3.05, 3.63) is 59.8 Å². The lowest BCUT2D eigenvalue weighted by Crippen LogP contribution is -2.54. The number of aryl methyl sites for hydroxylation is 1. The lowest BCUT2D eigenvalue weighted by atomic mass is 9.85. The van der Waals surface area contributed by atoms with E-state index < -0.39 is 11.5 Å². The maximum atomic E-state index is 16.5. The fraction of sp³-hybridized carbons (Fsp3) is 0.619. The van der Waals surface area contributed by atoms with Gasteiger partial charge in [-0.25, -0.2) is 9.82 Å². The molecule has 10 nitrogen and oxygen atoms in total. The van der Waals surface area contributed by atoms with Gasteiger partial charge in [-0.2, -0.15) is 0 Å². The number of halogens is 1. The smallest absolute Gasteiger partial charge is 0.324 e. The van der Waals surface area contributed by atoms with E-state index in [1.54, 1.807) is 37.4 Å². The summed E-state index contributed by atoms with van der Waals surface area (Å²) in [6, 6.07) is 3.24. The van der Waals surface area contributed by atoms with E-state index in [0.717, 1.165) is 65.9 Å². The van der Waals surface area contributed by atoms with Gasteiger partial charge in [-0.1, -0.05) is 64.8 Å². The number of carbonyl (C=O) groups is 1. The Morgan fingerprint density at radius 3 is 2.80 bits per heavy atom. The summed E-state index contributed by atoms with van der Waals surface area (Å²) in [6.07, 6.45) is 11.2. The molecule has 1 aromatic carbocycles. The molecule has 0 spiro atoms. The van der Waals surface area contributed by atoms with E-state index in [1.807, 2.05) is 19.1 Å². The van der Waals surface area contributed by atoms with Crippen LogP contribution in [0.3, 0.4) is 0 Å². The second-order valence-corrected chi connectivity index (χ2v) is 17.0. The summed E-state index contributed by atoms with van der Waals surface area (Å²) in [4.78, 5) is 20.6. The summed E-state index contributed by atoms with van der Waals surface area (Å²) in [5, 5.41) is 3.02. The van der Waals surface area contributed by atoms with Gasteiger partial charge in [0.2, 0.25) is 0 Å². The lowest BCUT2D eigenvalue weighted by Gasteiger charge is -2.41. The van der Waals surface area contributed by atoms with Crippen molar-refractivity contribution in [2.75, 3.05) is 58.5 Å². The van der Waals surface area contributed by atoms with E-state index >= 15 is 4.39 Å². The first-order valence-corrected chi connectivity index (χ1v) is 20.6. The van der Waals surface area contributed by atoms with Crippen molar-refractivity contribution in [3.8, 4) is 0 Å². The Morgan fingerprint density at radius 2 is 2.07 bits per heavy atom. The molecule has 4 heterocycles. The van der Waals surface area contributed by atoms with E-state index in [1.165, 1.54) is 6.42 Å². The normalized spacial score (nSPS) is 23.6. The van der Waals surface area contributed by atoms with E-state index in [9.17, 15) is 4.79 Å². The van der Waals surface area contributed by atoms with Gasteiger partial charge in [-0.3, -0.25) is 14.1 Å². The maximum absolute atomic E-state index is 16.5. The van der Waals surface area contributed by atoms with Crippen molar-refractivity contribution in [1.82, 2.24) is 19.3 Å². The Balaban J connectivity index is 1.62.